The molecule has 1 saturated heterocycles. The van der Waals surface area contributed by atoms with E-state index in [2.05, 4.69) is 0 Å². The van der Waals surface area contributed by atoms with E-state index in [-0.39, 0.29) is 30.0 Å². The topological polar surface area (TPSA) is 89.2 Å². The van der Waals surface area contributed by atoms with Crippen molar-refractivity contribution in [3.05, 3.63) is 89.1 Å². The molecule has 0 spiro atoms. The number of furan rings is 1. The predicted octanol–water partition coefficient (Wildman–Crippen LogP) is 3.77. The second kappa shape index (κ2) is 7.32. The van der Waals surface area contributed by atoms with E-state index in [0.29, 0.717) is 17.3 Å². The summed E-state index contributed by atoms with van der Waals surface area (Å²) in [5.41, 5.74) is 0.137. The minimum Gasteiger partial charge on any atom is -0.507 e. The van der Waals surface area contributed by atoms with Gasteiger partial charge in [-0.3, -0.25) is 9.59 Å². The minimum atomic E-state index is -1.13. The number of likely N-dealkylation sites (tertiary alicyclic amines) is 1. The lowest BCUT2D eigenvalue weighted by Gasteiger charge is -2.24. The van der Waals surface area contributed by atoms with Gasteiger partial charge in [-0.2, -0.15) is 0 Å². The maximum Gasteiger partial charge on any atom is 0.296 e. The average Bonchev–Trinajstić information content (AvgIpc) is 3.50. The third kappa shape index (κ3) is 3.13. The largest absolute Gasteiger partial charge is 0.507 e. The molecule has 8 heteroatoms. The number of aliphatic hydroxyl groups excluding tert-OH is 1. The first-order chi connectivity index (χ1) is 15.0. The zero-order chi connectivity index (χ0) is 21.5. The van der Waals surface area contributed by atoms with Crippen molar-refractivity contribution in [2.75, 3.05) is 6.79 Å². The first-order valence-electron chi connectivity index (χ1n) is 9.50. The van der Waals surface area contributed by atoms with Crippen molar-refractivity contribution >= 4 is 17.4 Å². The normalized spacial score (nSPS) is 19.3. The van der Waals surface area contributed by atoms with Crippen molar-refractivity contribution < 1.29 is 33.0 Å². The van der Waals surface area contributed by atoms with Gasteiger partial charge in [0, 0.05) is 11.1 Å². The molecule has 1 unspecified atom stereocenters. The van der Waals surface area contributed by atoms with Crippen molar-refractivity contribution in [1.82, 2.24) is 4.90 Å². The molecule has 0 saturated carbocycles. The summed E-state index contributed by atoms with van der Waals surface area (Å²) < 4.78 is 30.7. The number of ketones is 1. The Balaban J connectivity index is 1.66. The number of fused-ring (bicyclic) bond motifs is 1. The Hall–Kier alpha value is -4.07. The van der Waals surface area contributed by atoms with Gasteiger partial charge in [-0.05, 0) is 36.4 Å². The summed E-state index contributed by atoms with van der Waals surface area (Å²) in [6.07, 6.45) is 1.44. The van der Waals surface area contributed by atoms with Crippen LogP contribution in [-0.4, -0.2) is 28.5 Å². The molecule has 1 amide bonds. The molecule has 156 valence electrons. The first-order valence-corrected chi connectivity index (χ1v) is 9.50. The SMILES string of the molecule is O=C1C(=O)N(Cc2ccco2)C(c2ccccc2F)/C1=C(\O)c1ccc2c(c1)OCO2. The van der Waals surface area contributed by atoms with Crippen molar-refractivity contribution in [3.8, 4) is 11.5 Å². The smallest absolute Gasteiger partial charge is 0.296 e. The minimum absolute atomic E-state index is 0.0440. The predicted molar refractivity (Wildman–Crippen MR) is 106 cm³/mol. The van der Waals surface area contributed by atoms with Gasteiger partial charge in [-0.25, -0.2) is 4.39 Å². The van der Waals surface area contributed by atoms with Crippen molar-refractivity contribution in [3.63, 3.8) is 0 Å². The van der Waals surface area contributed by atoms with Gasteiger partial charge in [0.1, 0.15) is 17.3 Å². The number of aliphatic hydroxyl groups is 1. The van der Waals surface area contributed by atoms with E-state index in [1.807, 2.05) is 0 Å². The van der Waals surface area contributed by atoms with Crippen LogP contribution in [0.1, 0.15) is 22.9 Å². The fraction of sp³-hybridized carbons (Fsp3) is 0.130. The number of hydrogen-bond donors (Lipinski definition) is 1. The molecular weight excluding hydrogens is 405 g/mol. The van der Waals surface area contributed by atoms with E-state index in [0.717, 1.165) is 0 Å². The number of hydrogen-bond acceptors (Lipinski definition) is 6. The molecule has 1 fully saturated rings. The molecule has 2 aliphatic heterocycles. The van der Waals surface area contributed by atoms with Crippen LogP contribution in [0.15, 0.2) is 70.9 Å². The molecule has 1 atom stereocenters. The summed E-state index contributed by atoms with van der Waals surface area (Å²) in [7, 11) is 0. The highest BCUT2D eigenvalue weighted by Crippen LogP contribution is 2.42. The molecule has 3 heterocycles. The van der Waals surface area contributed by atoms with Crippen molar-refractivity contribution in [2.45, 2.75) is 12.6 Å². The van der Waals surface area contributed by atoms with Gasteiger partial charge in [0.15, 0.2) is 11.5 Å². The van der Waals surface area contributed by atoms with Gasteiger partial charge in [-0.15, -0.1) is 0 Å². The molecule has 0 radical (unpaired) electrons. The van der Waals surface area contributed by atoms with Gasteiger partial charge < -0.3 is 23.9 Å². The molecule has 7 nitrogen and oxygen atoms in total. The Morgan fingerprint density at radius 1 is 1.06 bits per heavy atom. The number of nitrogens with zero attached hydrogens (tertiary/aromatic N) is 1. The first kappa shape index (κ1) is 18.9. The summed E-state index contributed by atoms with van der Waals surface area (Å²) in [6, 6.07) is 12.6. The average molecular weight is 421 g/mol. The van der Waals surface area contributed by atoms with Crippen molar-refractivity contribution in [1.29, 1.82) is 0 Å². The number of carbonyl (C=O) groups excluding carboxylic acids is 2. The molecule has 0 bridgehead atoms. The Morgan fingerprint density at radius 3 is 2.65 bits per heavy atom. The number of amides is 1. The lowest BCUT2D eigenvalue weighted by molar-refractivity contribution is -0.140. The lowest BCUT2D eigenvalue weighted by atomic mass is 9.94. The van der Waals surface area contributed by atoms with E-state index in [1.54, 1.807) is 30.3 Å². The second-order valence-corrected chi connectivity index (χ2v) is 7.10. The number of rotatable bonds is 4. The fourth-order valence-corrected chi connectivity index (χ4v) is 3.83. The van der Waals surface area contributed by atoms with Gasteiger partial charge in [-0.1, -0.05) is 18.2 Å². The Morgan fingerprint density at radius 2 is 1.87 bits per heavy atom. The van der Waals surface area contributed by atoms with Crippen LogP contribution < -0.4 is 9.47 Å². The number of benzene rings is 2. The van der Waals surface area contributed by atoms with Crippen LogP contribution in [0.25, 0.3) is 5.76 Å². The summed E-state index contributed by atoms with van der Waals surface area (Å²) in [4.78, 5) is 27.0. The van der Waals surface area contributed by atoms with Crippen LogP contribution in [0, 0.1) is 5.82 Å². The van der Waals surface area contributed by atoms with E-state index in [4.69, 9.17) is 13.9 Å². The van der Waals surface area contributed by atoms with Gasteiger partial charge in [0.25, 0.3) is 11.7 Å². The summed E-state index contributed by atoms with van der Waals surface area (Å²) in [5, 5.41) is 11.0. The molecule has 1 N–H and O–H groups in total. The van der Waals surface area contributed by atoms with Crippen LogP contribution in [-0.2, 0) is 16.1 Å². The molecule has 2 aromatic carbocycles. The molecule has 0 aliphatic carbocycles. The molecule has 5 rings (SSSR count). The monoisotopic (exact) mass is 421 g/mol. The second-order valence-electron chi connectivity index (χ2n) is 7.10. The maximum atomic E-state index is 14.8. The molecular formula is C23H16FNO6. The molecule has 1 aromatic heterocycles. The van der Waals surface area contributed by atoms with Crippen LogP contribution in [0.4, 0.5) is 4.39 Å². The zero-order valence-corrected chi connectivity index (χ0v) is 16.1. The van der Waals surface area contributed by atoms with Crippen LogP contribution in [0.5, 0.6) is 11.5 Å². The third-order valence-electron chi connectivity index (χ3n) is 5.29. The zero-order valence-electron chi connectivity index (χ0n) is 16.1. The standard InChI is InChI=1S/C23H16FNO6/c24-16-6-2-1-5-15(16)20-19(21(26)13-7-8-17-18(10-13)31-12-30-17)22(27)23(28)25(20)11-14-4-3-9-29-14/h1-10,20,26H,11-12H2/b21-19+. The summed E-state index contributed by atoms with van der Waals surface area (Å²) >= 11 is 0. The molecule has 2 aliphatic rings. The van der Waals surface area contributed by atoms with Gasteiger partial charge in [0.2, 0.25) is 6.79 Å². The highest BCUT2D eigenvalue weighted by molar-refractivity contribution is 6.46. The number of carbonyl (C=O) groups is 2. The maximum absolute atomic E-state index is 14.8. The van der Waals surface area contributed by atoms with E-state index in [9.17, 15) is 19.1 Å². The number of halogens is 1. The van der Waals surface area contributed by atoms with E-state index < -0.39 is 29.3 Å². The Labute approximate surface area is 175 Å². The van der Waals surface area contributed by atoms with E-state index >= 15 is 0 Å². The summed E-state index contributed by atoms with van der Waals surface area (Å²) in [5.74, 6) is -1.47. The highest BCUT2D eigenvalue weighted by Gasteiger charge is 2.47. The highest BCUT2D eigenvalue weighted by atomic mass is 19.1. The fourth-order valence-electron chi connectivity index (χ4n) is 3.83. The Bertz CT molecular complexity index is 1220. The lowest BCUT2D eigenvalue weighted by Crippen LogP contribution is -2.29. The number of ether oxygens (including phenoxy) is 2. The van der Waals surface area contributed by atoms with Crippen molar-refractivity contribution in [2.24, 2.45) is 0 Å². The number of Topliss-reactive ketones (excluding diaryl/α,β-unsaturated/α-hetero) is 1. The van der Waals surface area contributed by atoms with Crippen LogP contribution in [0.3, 0.4) is 0 Å². The molecule has 31 heavy (non-hydrogen) atoms. The van der Waals surface area contributed by atoms with Crippen LogP contribution >= 0.6 is 0 Å². The quantitative estimate of drug-likeness (QED) is 0.392. The van der Waals surface area contributed by atoms with Gasteiger partial charge in [0.05, 0.1) is 24.4 Å². The molecule has 3 aromatic rings. The summed E-state index contributed by atoms with van der Waals surface area (Å²) in [6.45, 7) is -0.0171. The van der Waals surface area contributed by atoms with E-state index in [1.165, 1.54) is 35.4 Å². The third-order valence-corrected chi connectivity index (χ3v) is 5.29. The van der Waals surface area contributed by atoms with Gasteiger partial charge >= 0.3 is 0 Å². The van der Waals surface area contributed by atoms with Crippen LogP contribution in [0.2, 0.25) is 0 Å². The Kier molecular flexibility index (Phi) is 4.47.